The van der Waals surface area contributed by atoms with Crippen molar-refractivity contribution < 1.29 is 14.0 Å². The molecule has 0 radical (unpaired) electrons. The first kappa shape index (κ1) is 20.4. The first-order valence-corrected chi connectivity index (χ1v) is 10.7. The van der Waals surface area contributed by atoms with E-state index in [4.69, 9.17) is 11.6 Å². The van der Waals surface area contributed by atoms with Crippen LogP contribution < -0.4 is 0 Å². The highest BCUT2D eigenvalue weighted by Gasteiger charge is 2.39. The molecule has 30 heavy (non-hydrogen) atoms. The Bertz CT molecular complexity index is 1110. The van der Waals surface area contributed by atoms with Crippen molar-refractivity contribution in [3.05, 3.63) is 111 Å². The number of imide groups is 1. The van der Waals surface area contributed by atoms with Crippen LogP contribution in [0.25, 0.3) is 5.57 Å². The Kier molecular flexibility index (Phi) is 6.02. The number of thioether (sulfide) groups is 1. The molecule has 0 unspecified atom stereocenters. The lowest BCUT2D eigenvalue weighted by Crippen LogP contribution is -2.30. The number of benzene rings is 3. The molecular weight excluding hydrogens is 421 g/mol. The second-order valence-corrected chi connectivity index (χ2v) is 8.23. The molecule has 3 nitrogen and oxygen atoms in total. The Hall–Kier alpha value is -2.89. The standard InChI is InChI=1S/C24H17ClFNO2S/c25-19-10-8-18(9-11-19)21-22(30-15-17-4-2-1-3-5-17)24(29)27(23(21)28)14-16-6-12-20(26)13-7-16/h1-13H,14-15H2. The molecule has 0 saturated carbocycles. The number of hydrogen-bond acceptors (Lipinski definition) is 3. The second kappa shape index (κ2) is 8.86. The van der Waals surface area contributed by atoms with Crippen LogP contribution in [0.15, 0.2) is 83.8 Å². The number of carbonyl (C=O) groups is 2. The summed E-state index contributed by atoms with van der Waals surface area (Å²) in [5.74, 6) is -0.495. The maximum absolute atomic E-state index is 13.2. The van der Waals surface area contributed by atoms with E-state index in [0.29, 0.717) is 32.4 Å². The van der Waals surface area contributed by atoms with Gasteiger partial charge in [-0.15, -0.1) is 11.8 Å². The monoisotopic (exact) mass is 437 g/mol. The summed E-state index contributed by atoms with van der Waals surface area (Å²) >= 11 is 7.34. The van der Waals surface area contributed by atoms with E-state index in [2.05, 4.69) is 0 Å². The molecule has 0 saturated heterocycles. The highest BCUT2D eigenvalue weighted by molar-refractivity contribution is 8.03. The zero-order valence-electron chi connectivity index (χ0n) is 15.8. The summed E-state index contributed by atoms with van der Waals surface area (Å²) in [7, 11) is 0. The van der Waals surface area contributed by atoms with Crippen LogP contribution in [0.2, 0.25) is 5.02 Å². The van der Waals surface area contributed by atoms with Crippen molar-refractivity contribution in [2.75, 3.05) is 0 Å². The molecule has 2 amide bonds. The summed E-state index contributed by atoms with van der Waals surface area (Å²) in [6.45, 7) is 0.0877. The van der Waals surface area contributed by atoms with Crippen LogP contribution in [0.5, 0.6) is 0 Å². The van der Waals surface area contributed by atoms with Gasteiger partial charge in [0.1, 0.15) is 5.82 Å². The molecule has 0 N–H and O–H groups in total. The minimum atomic E-state index is -0.364. The molecular formula is C24H17ClFNO2S. The maximum atomic E-state index is 13.2. The van der Waals surface area contributed by atoms with Crippen molar-refractivity contribution in [3.8, 4) is 0 Å². The predicted molar refractivity (Wildman–Crippen MR) is 118 cm³/mol. The van der Waals surface area contributed by atoms with Crippen molar-refractivity contribution in [2.24, 2.45) is 0 Å². The zero-order valence-corrected chi connectivity index (χ0v) is 17.4. The molecule has 1 aliphatic rings. The number of rotatable bonds is 6. The number of halogens is 2. The fraction of sp³-hybridized carbons (Fsp3) is 0.0833. The quantitative estimate of drug-likeness (QED) is 0.465. The summed E-state index contributed by atoms with van der Waals surface area (Å²) in [6, 6.07) is 22.4. The van der Waals surface area contributed by atoms with Gasteiger partial charge in [-0.3, -0.25) is 14.5 Å². The minimum absolute atomic E-state index is 0.0877. The molecule has 0 aromatic heterocycles. The third-order valence-corrected chi connectivity index (χ3v) is 6.14. The van der Waals surface area contributed by atoms with Crippen LogP contribution in [0.1, 0.15) is 16.7 Å². The molecule has 3 aromatic rings. The van der Waals surface area contributed by atoms with Crippen LogP contribution in [0.3, 0.4) is 0 Å². The summed E-state index contributed by atoms with van der Waals surface area (Å²) in [5, 5.41) is 0.553. The molecule has 1 heterocycles. The molecule has 0 aliphatic carbocycles. The topological polar surface area (TPSA) is 37.4 Å². The van der Waals surface area contributed by atoms with Crippen molar-refractivity contribution >= 4 is 40.8 Å². The fourth-order valence-corrected chi connectivity index (χ4v) is 4.42. The molecule has 0 fully saturated rings. The lowest BCUT2D eigenvalue weighted by molar-refractivity contribution is -0.137. The molecule has 0 bridgehead atoms. The van der Waals surface area contributed by atoms with E-state index in [1.54, 1.807) is 36.4 Å². The average molecular weight is 438 g/mol. The lowest BCUT2D eigenvalue weighted by Gasteiger charge is -2.15. The van der Waals surface area contributed by atoms with Crippen molar-refractivity contribution in [3.63, 3.8) is 0 Å². The van der Waals surface area contributed by atoms with Gasteiger partial charge < -0.3 is 0 Å². The third-order valence-electron chi connectivity index (χ3n) is 4.74. The summed E-state index contributed by atoms with van der Waals surface area (Å²) in [6.07, 6.45) is 0. The molecule has 3 aromatic carbocycles. The van der Waals surface area contributed by atoms with Crippen LogP contribution >= 0.6 is 23.4 Å². The zero-order chi connectivity index (χ0) is 21.1. The Morgan fingerprint density at radius 3 is 2.13 bits per heavy atom. The Balaban J connectivity index is 1.66. The van der Waals surface area contributed by atoms with E-state index in [9.17, 15) is 14.0 Å². The van der Waals surface area contributed by atoms with Gasteiger partial charge in [0.25, 0.3) is 11.8 Å². The van der Waals surface area contributed by atoms with Crippen LogP contribution in [-0.4, -0.2) is 16.7 Å². The second-order valence-electron chi connectivity index (χ2n) is 6.81. The van der Waals surface area contributed by atoms with Gasteiger partial charge in [-0.1, -0.05) is 66.2 Å². The number of amides is 2. The fourth-order valence-electron chi connectivity index (χ4n) is 3.20. The summed E-state index contributed by atoms with van der Waals surface area (Å²) in [5.41, 5.74) is 2.76. The van der Waals surface area contributed by atoms with Gasteiger partial charge in [-0.25, -0.2) is 4.39 Å². The Morgan fingerprint density at radius 2 is 1.47 bits per heavy atom. The van der Waals surface area contributed by atoms with E-state index in [0.717, 1.165) is 5.56 Å². The van der Waals surface area contributed by atoms with Gasteiger partial charge in [0.05, 0.1) is 17.0 Å². The van der Waals surface area contributed by atoms with E-state index >= 15 is 0 Å². The van der Waals surface area contributed by atoms with E-state index in [1.807, 2.05) is 30.3 Å². The lowest BCUT2D eigenvalue weighted by atomic mass is 10.1. The number of nitrogens with zero attached hydrogens (tertiary/aromatic N) is 1. The van der Waals surface area contributed by atoms with Gasteiger partial charge in [-0.2, -0.15) is 0 Å². The normalized spacial score (nSPS) is 14.0. The molecule has 150 valence electrons. The molecule has 0 atom stereocenters. The van der Waals surface area contributed by atoms with Crippen molar-refractivity contribution in [1.82, 2.24) is 4.90 Å². The highest BCUT2D eigenvalue weighted by atomic mass is 35.5. The number of carbonyl (C=O) groups excluding carboxylic acids is 2. The van der Waals surface area contributed by atoms with Crippen LogP contribution in [0, 0.1) is 5.82 Å². The van der Waals surface area contributed by atoms with Gasteiger partial charge in [0.2, 0.25) is 0 Å². The van der Waals surface area contributed by atoms with Gasteiger partial charge in [0, 0.05) is 10.8 Å². The van der Waals surface area contributed by atoms with E-state index in [1.165, 1.54) is 28.8 Å². The van der Waals surface area contributed by atoms with E-state index < -0.39 is 0 Å². The van der Waals surface area contributed by atoms with E-state index in [-0.39, 0.29) is 24.2 Å². The summed E-state index contributed by atoms with van der Waals surface area (Å²) in [4.78, 5) is 28.0. The Labute approximate surface area is 183 Å². The van der Waals surface area contributed by atoms with Gasteiger partial charge >= 0.3 is 0 Å². The largest absolute Gasteiger partial charge is 0.269 e. The van der Waals surface area contributed by atoms with Gasteiger partial charge in [0.15, 0.2) is 0 Å². The van der Waals surface area contributed by atoms with Crippen molar-refractivity contribution in [2.45, 2.75) is 12.3 Å². The molecule has 0 spiro atoms. The van der Waals surface area contributed by atoms with Crippen molar-refractivity contribution in [1.29, 1.82) is 0 Å². The first-order valence-electron chi connectivity index (χ1n) is 9.30. The smallest absolute Gasteiger partial charge is 0.268 e. The van der Waals surface area contributed by atoms with Gasteiger partial charge in [-0.05, 0) is 41.0 Å². The first-order chi connectivity index (χ1) is 14.5. The minimum Gasteiger partial charge on any atom is -0.269 e. The molecule has 4 rings (SSSR count). The van der Waals surface area contributed by atoms with Crippen LogP contribution in [-0.2, 0) is 21.9 Å². The highest BCUT2D eigenvalue weighted by Crippen LogP contribution is 2.38. The molecule has 6 heteroatoms. The molecule has 1 aliphatic heterocycles. The summed E-state index contributed by atoms with van der Waals surface area (Å²) < 4.78 is 13.2. The predicted octanol–water partition coefficient (Wildman–Crippen LogP) is 5.69. The van der Waals surface area contributed by atoms with Crippen LogP contribution in [0.4, 0.5) is 4.39 Å². The number of hydrogen-bond donors (Lipinski definition) is 0. The Morgan fingerprint density at radius 1 is 0.800 bits per heavy atom. The maximum Gasteiger partial charge on any atom is 0.268 e. The third kappa shape index (κ3) is 4.32. The SMILES string of the molecule is O=C1C(SCc2ccccc2)=C(c2ccc(Cl)cc2)C(=O)N1Cc1ccc(F)cc1. The average Bonchev–Trinajstić information content (AvgIpc) is 2.99.